The van der Waals surface area contributed by atoms with Crippen LogP contribution in [0, 0.1) is 0 Å². The second-order valence-electron chi connectivity index (χ2n) is 4.83. The fourth-order valence-corrected chi connectivity index (χ4v) is 2.75. The molecule has 0 radical (unpaired) electrons. The van der Waals surface area contributed by atoms with E-state index in [4.69, 9.17) is 9.47 Å². The number of rotatable bonds is 1. The number of fused-ring (bicyclic) bond motifs is 2. The van der Waals surface area contributed by atoms with Crippen molar-refractivity contribution in [3.8, 4) is 0 Å². The van der Waals surface area contributed by atoms with Crippen LogP contribution in [0.4, 0.5) is 4.79 Å². The van der Waals surface area contributed by atoms with Gasteiger partial charge in [0.05, 0.1) is 18.8 Å². The molecule has 16 heavy (non-hydrogen) atoms. The summed E-state index contributed by atoms with van der Waals surface area (Å²) in [4.78, 5) is 14.0. The van der Waals surface area contributed by atoms with Gasteiger partial charge in [-0.15, -0.1) is 0 Å². The Balaban J connectivity index is 1.53. The number of amides is 2. The number of hydrogen-bond donors (Lipinski definition) is 1. The lowest BCUT2D eigenvalue weighted by atomic mass is 10.1. The van der Waals surface area contributed by atoms with Gasteiger partial charge in [0.25, 0.3) is 0 Å². The summed E-state index contributed by atoms with van der Waals surface area (Å²) >= 11 is 0. The van der Waals surface area contributed by atoms with Gasteiger partial charge in [0.15, 0.2) is 0 Å². The minimum Gasteiger partial charge on any atom is -0.381 e. The van der Waals surface area contributed by atoms with Crippen molar-refractivity contribution < 1.29 is 14.3 Å². The Kier molecular flexibility index (Phi) is 2.73. The Morgan fingerprint density at radius 3 is 2.75 bits per heavy atom. The number of nitrogens with one attached hydrogen (secondary N) is 1. The number of morpholine rings is 1. The summed E-state index contributed by atoms with van der Waals surface area (Å²) in [5.74, 6) is 0. The number of urea groups is 1. The molecule has 0 aliphatic carbocycles. The van der Waals surface area contributed by atoms with Crippen molar-refractivity contribution in [2.24, 2.45) is 0 Å². The maximum absolute atomic E-state index is 12.0. The van der Waals surface area contributed by atoms with Gasteiger partial charge in [-0.05, 0) is 19.3 Å². The summed E-state index contributed by atoms with van der Waals surface area (Å²) in [5.41, 5.74) is 0. The molecule has 0 saturated carbocycles. The number of carbonyl (C=O) groups excluding carboxylic acids is 1. The summed E-state index contributed by atoms with van der Waals surface area (Å²) in [6.45, 7) is 3.01. The van der Waals surface area contributed by atoms with Crippen LogP contribution in [-0.2, 0) is 9.47 Å². The summed E-state index contributed by atoms with van der Waals surface area (Å²) in [7, 11) is 0. The molecule has 2 bridgehead atoms. The normalized spacial score (nSPS) is 34.4. The molecule has 0 spiro atoms. The van der Waals surface area contributed by atoms with E-state index in [-0.39, 0.29) is 12.1 Å². The lowest BCUT2D eigenvalue weighted by Gasteiger charge is -2.30. The predicted molar refractivity (Wildman–Crippen MR) is 57.2 cm³/mol. The quantitative estimate of drug-likeness (QED) is 0.702. The van der Waals surface area contributed by atoms with Gasteiger partial charge >= 0.3 is 6.03 Å². The number of hydrogen-bond acceptors (Lipinski definition) is 3. The Morgan fingerprint density at radius 1 is 1.31 bits per heavy atom. The summed E-state index contributed by atoms with van der Waals surface area (Å²) in [6, 6.07) is 0.689. The van der Waals surface area contributed by atoms with E-state index in [0.29, 0.717) is 18.7 Å². The first kappa shape index (κ1) is 10.4. The van der Waals surface area contributed by atoms with Crippen LogP contribution in [0.5, 0.6) is 0 Å². The molecule has 90 valence electrons. The number of carbonyl (C=O) groups is 1. The third-order valence-corrected chi connectivity index (χ3v) is 3.71. The fourth-order valence-electron chi connectivity index (χ4n) is 2.75. The smallest absolute Gasteiger partial charge is 0.318 e. The van der Waals surface area contributed by atoms with Crippen LogP contribution in [0.25, 0.3) is 0 Å². The minimum absolute atomic E-state index is 0.0858. The van der Waals surface area contributed by atoms with E-state index in [1.807, 2.05) is 4.90 Å². The van der Waals surface area contributed by atoms with Crippen LogP contribution in [0.2, 0.25) is 0 Å². The molecule has 3 aliphatic heterocycles. The maximum Gasteiger partial charge on any atom is 0.318 e. The van der Waals surface area contributed by atoms with Crippen molar-refractivity contribution in [1.82, 2.24) is 10.2 Å². The van der Waals surface area contributed by atoms with Gasteiger partial charge in [-0.3, -0.25) is 0 Å². The lowest BCUT2D eigenvalue weighted by molar-refractivity contribution is 0.0409. The molecule has 3 heterocycles. The van der Waals surface area contributed by atoms with Crippen LogP contribution in [-0.4, -0.2) is 55.5 Å². The first-order valence-corrected chi connectivity index (χ1v) is 6.09. The van der Waals surface area contributed by atoms with E-state index < -0.39 is 0 Å². The average Bonchev–Trinajstić information content (AvgIpc) is 2.92. The third kappa shape index (κ3) is 1.89. The van der Waals surface area contributed by atoms with Gasteiger partial charge in [0.2, 0.25) is 0 Å². The summed E-state index contributed by atoms with van der Waals surface area (Å²) in [6.07, 6.45) is 3.17. The number of ether oxygens (including phenoxy) is 2. The van der Waals surface area contributed by atoms with Crippen molar-refractivity contribution in [2.45, 2.75) is 37.5 Å². The van der Waals surface area contributed by atoms with E-state index in [9.17, 15) is 4.79 Å². The Hall–Kier alpha value is -0.810. The maximum atomic E-state index is 12.0. The molecule has 2 atom stereocenters. The van der Waals surface area contributed by atoms with E-state index >= 15 is 0 Å². The lowest BCUT2D eigenvalue weighted by Crippen LogP contribution is -2.50. The molecular weight excluding hydrogens is 208 g/mol. The predicted octanol–water partition coefficient (Wildman–Crippen LogP) is 0.348. The van der Waals surface area contributed by atoms with Gasteiger partial charge < -0.3 is 19.7 Å². The zero-order valence-corrected chi connectivity index (χ0v) is 9.35. The summed E-state index contributed by atoms with van der Waals surface area (Å²) in [5, 5.41) is 3.10. The minimum atomic E-state index is 0.0858. The highest BCUT2D eigenvalue weighted by Crippen LogP contribution is 2.27. The van der Waals surface area contributed by atoms with Crippen LogP contribution in [0.3, 0.4) is 0 Å². The van der Waals surface area contributed by atoms with Gasteiger partial charge in [0, 0.05) is 25.8 Å². The molecule has 5 heteroatoms. The topological polar surface area (TPSA) is 50.8 Å². The van der Waals surface area contributed by atoms with Gasteiger partial charge in [0.1, 0.15) is 0 Å². The Morgan fingerprint density at radius 2 is 2.12 bits per heavy atom. The average molecular weight is 226 g/mol. The van der Waals surface area contributed by atoms with Crippen LogP contribution < -0.4 is 5.32 Å². The zero-order valence-electron chi connectivity index (χ0n) is 9.35. The second-order valence-corrected chi connectivity index (χ2v) is 4.83. The zero-order chi connectivity index (χ0) is 11.0. The molecule has 0 aromatic carbocycles. The second kappa shape index (κ2) is 4.22. The van der Waals surface area contributed by atoms with Crippen molar-refractivity contribution in [1.29, 1.82) is 0 Å². The standard InChI is InChI=1S/C11H18N2O3/c14-11(12-8-1-3-15-4-2-8)13-6-10-5-9(13)7-16-10/h8-10H,1-7H2,(H,12,14). The Labute approximate surface area is 95.1 Å². The first-order valence-electron chi connectivity index (χ1n) is 6.09. The molecule has 2 amide bonds. The van der Waals surface area contributed by atoms with Crippen molar-refractivity contribution in [3.63, 3.8) is 0 Å². The van der Waals surface area contributed by atoms with Crippen molar-refractivity contribution >= 4 is 6.03 Å². The molecular formula is C11H18N2O3. The highest BCUT2D eigenvalue weighted by Gasteiger charge is 2.41. The largest absolute Gasteiger partial charge is 0.381 e. The van der Waals surface area contributed by atoms with E-state index in [2.05, 4.69) is 5.32 Å². The molecule has 0 aromatic rings. The Bertz CT molecular complexity index is 278. The van der Waals surface area contributed by atoms with Gasteiger partial charge in [-0.1, -0.05) is 0 Å². The monoisotopic (exact) mass is 226 g/mol. The summed E-state index contributed by atoms with van der Waals surface area (Å²) < 4.78 is 10.8. The van der Waals surface area contributed by atoms with Crippen LogP contribution >= 0.6 is 0 Å². The molecule has 3 fully saturated rings. The van der Waals surface area contributed by atoms with Gasteiger partial charge in [-0.2, -0.15) is 0 Å². The number of likely N-dealkylation sites (tertiary alicyclic amines) is 1. The highest BCUT2D eigenvalue weighted by molar-refractivity contribution is 5.75. The SMILES string of the molecule is O=C(NC1CCOCC1)N1CC2CC1CO2. The van der Waals surface area contributed by atoms with E-state index in [1.54, 1.807) is 0 Å². The van der Waals surface area contributed by atoms with E-state index in [0.717, 1.165) is 39.0 Å². The molecule has 2 unspecified atom stereocenters. The highest BCUT2D eigenvalue weighted by atomic mass is 16.5. The van der Waals surface area contributed by atoms with Crippen LogP contribution in [0.15, 0.2) is 0 Å². The van der Waals surface area contributed by atoms with Gasteiger partial charge in [-0.25, -0.2) is 4.79 Å². The fraction of sp³-hybridized carbons (Fsp3) is 0.909. The molecule has 3 aliphatic rings. The number of nitrogens with zero attached hydrogens (tertiary/aromatic N) is 1. The molecule has 1 N–H and O–H groups in total. The molecule has 0 aromatic heterocycles. The first-order chi connectivity index (χ1) is 7.83. The van der Waals surface area contributed by atoms with E-state index in [1.165, 1.54) is 0 Å². The third-order valence-electron chi connectivity index (χ3n) is 3.71. The molecule has 5 nitrogen and oxygen atoms in total. The van der Waals surface area contributed by atoms with Crippen molar-refractivity contribution in [2.75, 3.05) is 26.4 Å². The van der Waals surface area contributed by atoms with Crippen LogP contribution in [0.1, 0.15) is 19.3 Å². The molecule has 3 rings (SSSR count). The molecule has 3 saturated heterocycles. The van der Waals surface area contributed by atoms with Crippen molar-refractivity contribution in [3.05, 3.63) is 0 Å².